The molecule has 1 aliphatic rings. The van der Waals surface area contributed by atoms with Crippen LogP contribution >= 0.6 is 0 Å². The molecule has 1 aliphatic carbocycles. The Labute approximate surface area is 81.3 Å². The van der Waals surface area contributed by atoms with Crippen molar-refractivity contribution in [1.29, 1.82) is 0 Å². The molecule has 0 aromatic carbocycles. The van der Waals surface area contributed by atoms with Gasteiger partial charge in [-0.1, -0.05) is 0 Å². The van der Waals surface area contributed by atoms with Gasteiger partial charge >= 0.3 is 11.9 Å². The van der Waals surface area contributed by atoms with Crippen LogP contribution in [-0.2, 0) is 19.1 Å². The van der Waals surface area contributed by atoms with E-state index >= 15 is 0 Å². The van der Waals surface area contributed by atoms with E-state index in [1.165, 1.54) is 13.0 Å². The summed E-state index contributed by atoms with van der Waals surface area (Å²) in [7, 11) is 0. The molecule has 0 aromatic rings. The third kappa shape index (κ3) is 3.18. The van der Waals surface area contributed by atoms with E-state index in [0.717, 1.165) is 0 Å². The Balaban J connectivity index is 2.29. The molecule has 0 saturated carbocycles. The smallest absolute Gasteiger partial charge is 0.336 e. The van der Waals surface area contributed by atoms with Crippen molar-refractivity contribution in [3.05, 3.63) is 11.6 Å². The molecule has 1 N–H and O–H groups in total. The Morgan fingerprint density at radius 2 is 2.29 bits per heavy atom. The Hall–Kier alpha value is -1.36. The molecule has 0 aliphatic heterocycles. The van der Waals surface area contributed by atoms with Crippen molar-refractivity contribution >= 4 is 11.9 Å². The van der Waals surface area contributed by atoms with Crippen LogP contribution in [0.4, 0.5) is 0 Å². The van der Waals surface area contributed by atoms with E-state index in [1.807, 2.05) is 0 Å². The fraction of sp³-hybridized carbons (Fsp3) is 0.556. The largest absolute Gasteiger partial charge is 0.428 e. The Kier molecular flexibility index (Phi) is 3.64. The number of aliphatic hydroxyl groups excluding tert-OH is 1. The maximum atomic E-state index is 11.2. The standard InChI is InChI=1S/C9H12O5/c1-6(10)13-5-14-9(12)7-2-3-8(11)4-7/h4,8,11H,2-3,5H2,1H3. The van der Waals surface area contributed by atoms with E-state index in [0.29, 0.717) is 18.4 Å². The van der Waals surface area contributed by atoms with Gasteiger partial charge in [-0.15, -0.1) is 0 Å². The lowest BCUT2D eigenvalue weighted by molar-refractivity contribution is -0.162. The lowest BCUT2D eigenvalue weighted by atomic mass is 10.2. The lowest BCUT2D eigenvalue weighted by Crippen LogP contribution is -2.11. The molecule has 1 unspecified atom stereocenters. The van der Waals surface area contributed by atoms with Gasteiger partial charge < -0.3 is 14.6 Å². The molecule has 0 bridgehead atoms. The van der Waals surface area contributed by atoms with Gasteiger partial charge in [0.15, 0.2) is 0 Å². The Morgan fingerprint density at radius 1 is 1.57 bits per heavy atom. The Bertz CT molecular complexity index is 268. The molecule has 5 nitrogen and oxygen atoms in total. The van der Waals surface area contributed by atoms with Crippen molar-refractivity contribution in [3.63, 3.8) is 0 Å². The van der Waals surface area contributed by atoms with Crippen molar-refractivity contribution in [2.45, 2.75) is 25.9 Å². The second-order valence-corrected chi connectivity index (χ2v) is 2.98. The van der Waals surface area contributed by atoms with Crippen molar-refractivity contribution < 1.29 is 24.2 Å². The van der Waals surface area contributed by atoms with Crippen LogP contribution in [0.1, 0.15) is 19.8 Å². The van der Waals surface area contributed by atoms with E-state index in [2.05, 4.69) is 9.47 Å². The summed E-state index contributed by atoms with van der Waals surface area (Å²) in [5.41, 5.74) is 0.435. The van der Waals surface area contributed by atoms with Crippen molar-refractivity contribution in [3.8, 4) is 0 Å². The summed E-state index contributed by atoms with van der Waals surface area (Å²) in [6.07, 6.45) is 1.93. The highest BCUT2D eigenvalue weighted by Gasteiger charge is 2.20. The molecular formula is C9H12O5. The van der Waals surface area contributed by atoms with Crippen LogP contribution in [0.25, 0.3) is 0 Å². The predicted octanol–water partition coefficient (Wildman–Crippen LogP) is 0.131. The fourth-order valence-electron chi connectivity index (χ4n) is 1.13. The summed E-state index contributed by atoms with van der Waals surface area (Å²) < 4.78 is 9.05. The quantitative estimate of drug-likeness (QED) is 0.518. The summed E-state index contributed by atoms with van der Waals surface area (Å²) in [6, 6.07) is 0. The second-order valence-electron chi connectivity index (χ2n) is 2.98. The predicted molar refractivity (Wildman–Crippen MR) is 46.0 cm³/mol. The monoisotopic (exact) mass is 200 g/mol. The van der Waals surface area contributed by atoms with E-state index in [-0.39, 0.29) is 6.79 Å². The molecule has 0 heterocycles. The van der Waals surface area contributed by atoms with Gasteiger partial charge in [0, 0.05) is 12.5 Å². The van der Waals surface area contributed by atoms with Gasteiger partial charge in [0.2, 0.25) is 6.79 Å². The van der Waals surface area contributed by atoms with Crippen LogP contribution in [0.5, 0.6) is 0 Å². The number of rotatable bonds is 3. The summed E-state index contributed by atoms with van der Waals surface area (Å²) >= 11 is 0. The van der Waals surface area contributed by atoms with E-state index in [4.69, 9.17) is 5.11 Å². The number of carbonyl (C=O) groups is 2. The lowest BCUT2D eigenvalue weighted by Gasteiger charge is -2.04. The molecule has 0 radical (unpaired) electrons. The molecule has 5 heteroatoms. The number of hydrogen-bond acceptors (Lipinski definition) is 5. The average Bonchev–Trinajstić information content (AvgIpc) is 2.51. The van der Waals surface area contributed by atoms with Gasteiger partial charge in [-0.25, -0.2) is 4.79 Å². The number of hydrogen-bond donors (Lipinski definition) is 1. The van der Waals surface area contributed by atoms with Gasteiger partial charge in [-0.2, -0.15) is 0 Å². The molecule has 0 saturated heterocycles. The maximum Gasteiger partial charge on any atom is 0.336 e. The molecule has 0 spiro atoms. The summed E-state index contributed by atoms with van der Waals surface area (Å²) in [4.78, 5) is 21.5. The minimum atomic E-state index is -0.564. The van der Waals surface area contributed by atoms with Crippen molar-refractivity contribution in [2.75, 3.05) is 6.79 Å². The summed E-state index contributed by atoms with van der Waals surface area (Å²) in [5, 5.41) is 9.09. The molecule has 0 amide bonds. The van der Waals surface area contributed by atoms with Crippen LogP contribution in [0.3, 0.4) is 0 Å². The molecule has 1 rings (SSSR count). The highest BCUT2D eigenvalue weighted by molar-refractivity contribution is 5.89. The summed E-state index contributed by atoms with van der Waals surface area (Å²) in [5.74, 6) is -1.04. The van der Waals surface area contributed by atoms with Gasteiger partial charge in [0.05, 0.1) is 6.10 Å². The zero-order valence-electron chi connectivity index (χ0n) is 7.86. The first-order valence-corrected chi connectivity index (χ1v) is 4.29. The van der Waals surface area contributed by atoms with Crippen molar-refractivity contribution in [1.82, 2.24) is 0 Å². The van der Waals surface area contributed by atoms with E-state index in [1.54, 1.807) is 0 Å². The average molecular weight is 200 g/mol. The van der Waals surface area contributed by atoms with Crippen LogP contribution in [-0.4, -0.2) is 29.9 Å². The van der Waals surface area contributed by atoms with Crippen molar-refractivity contribution in [2.24, 2.45) is 0 Å². The van der Waals surface area contributed by atoms with Crippen LogP contribution in [0.15, 0.2) is 11.6 Å². The zero-order chi connectivity index (χ0) is 10.6. The number of aliphatic hydroxyl groups is 1. The Morgan fingerprint density at radius 3 is 2.79 bits per heavy atom. The first-order chi connectivity index (χ1) is 6.59. The third-order valence-corrected chi connectivity index (χ3v) is 1.82. The first kappa shape index (κ1) is 10.7. The number of ether oxygens (including phenoxy) is 2. The highest BCUT2D eigenvalue weighted by Crippen LogP contribution is 2.19. The third-order valence-electron chi connectivity index (χ3n) is 1.82. The number of carbonyl (C=O) groups excluding carboxylic acids is 2. The van der Waals surface area contributed by atoms with Crippen LogP contribution < -0.4 is 0 Å². The van der Waals surface area contributed by atoms with E-state index in [9.17, 15) is 9.59 Å². The minimum absolute atomic E-state index is 0.373. The molecule has 0 aromatic heterocycles. The molecule has 14 heavy (non-hydrogen) atoms. The molecule has 78 valence electrons. The number of esters is 2. The second kappa shape index (κ2) is 4.76. The fourth-order valence-corrected chi connectivity index (χ4v) is 1.13. The van der Waals surface area contributed by atoms with Crippen LogP contribution in [0.2, 0.25) is 0 Å². The highest BCUT2D eigenvalue weighted by atomic mass is 16.7. The normalized spacial score (nSPS) is 20.1. The van der Waals surface area contributed by atoms with Gasteiger partial charge in [0.25, 0.3) is 0 Å². The topological polar surface area (TPSA) is 72.8 Å². The summed E-state index contributed by atoms with van der Waals surface area (Å²) in [6.45, 7) is 0.855. The molecule has 0 fully saturated rings. The van der Waals surface area contributed by atoms with Gasteiger partial charge in [0.1, 0.15) is 0 Å². The van der Waals surface area contributed by atoms with Gasteiger partial charge in [-0.3, -0.25) is 4.79 Å². The van der Waals surface area contributed by atoms with Crippen LogP contribution in [0, 0.1) is 0 Å². The van der Waals surface area contributed by atoms with Gasteiger partial charge in [-0.05, 0) is 18.9 Å². The SMILES string of the molecule is CC(=O)OCOC(=O)C1=CC(O)CC1. The maximum absolute atomic E-state index is 11.2. The molecule has 1 atom stereocenters. The minimum Gasteiger partial charge on any atom is -0.428 e. The molecular weight excluding hydrogens is 188 g/mol. The first-order valence-electron chi connectivity index (χ1n) is 4.29. The zero-order valence-corrected chi connectivity index (χ0v) is 7.86. The van der Waals surface area contributed by atoms with E-state index < -0.39 is 18.0 Å².